The van der Waals surface area contributed by atoms with Crippen LogP contribution in [0.5, 0.6) is 0 Å². The first-order valence-corrected chi connectivity index (χ1v) is 7.60. The molecule has 0 atom stereocenters. The number of carbonyl (C=O) groups is 1. The number of hydrogen-bond acceptors (Lipinski definition) is 4. The molecule has 0 aliphatic heterocycles. The van der Waals surface area contributed by atoms with Crippen LogP contribution in [-0.4, -0.2) is 20.9 Å². The molecule has 0 saturated carbocycles. The molecule has 116 valence electrons. The third-order valence-electron chi connectivity index (χ3n) is 3.76. The summed E-state index contributed by atoms with van der Waals surface area (Å²) in [5, 5.41) is 2.80. The molecular formula is C19H14N4O. The standard InChI is InChI=1S/C19H14N4O/c1-12-8-9-20-18(10-12)23-19(24)13-6-7-16-17(11-13)22-15-5-3-2-4-14(15)21-16/h2-11H,1H3,(H,20,23,24). The van der Waals surface area contributed by atoms with Crippen molar-refractivity contribution in [2.24, 2.45) is 0 Å². The summed E-state index contributed by atoms with van der Waals surface area (Å²) in [5.74, 6) is 0.314. The van der Waals surface area contributed by atoms with Gasteiger partial charge in [0.1, 0.15) is 5.82 Å². The zero-order chi connectivity index (χ0) is 16.5. The zero-order valence-electron chi connectivity index (χ0n) is 13.0. The molecule has 5 heteroatoms. The van der Waals surface area contributed by atoms with Crippen LogP contribution in [0.4, 0.5) is 5.82 Å². The van der Waals surface area contributed by atoms with Crippen molar-refractivity contribution in [3.05, 3.63) is 71.9 Å². The van der Waals surface area contributed by atoms with Crippen LogP contribution >= 0.6 is 0 Å². The van der Waals surface area contributed by atoms with Crippen molar-refractivity contribution in [2.75, 3.05) is 5.32 Å². The largest absolute Gasteiger partial charge is 0.307 e. The Labute approximate surface area is 138 Å². The maximum atomic E-state index is 12.4. The molecule has 0 bridgehead atoms. The third-order valence-corrected chi connectivity index (χ3v) is 3.76. The predicted molar refractivity (Wildman–Crippen MR) is 94.0 cm³/mol. The second-order valence-electron chi connectivity index (χ2n) is 5.59. The van der Waals surface area contributed by atoms with Gasteiger partial charge < -0.3 is 5.32 Å². The molecule has 2 heterocycles. The summed E-state index contributed by atoms with van der Waals surface area (Å²) < 4.78 is 0. The smallest absolute Gasteiger partial charge is 0.256 e. The average Bonchev–Trinajstić information content (AvgIpc) is 2.59. The van der Waals surface area contributed by atoms with Gasteiger partial charge in [0.25, 0.3) is 5.91 Å². The molecule has 4 aromatic rings. The molecule has 1 N–H and O–H groups in total. The van der Waals surface area contributed by atoms with E-state index < -0.39 is 0 Å². The Balaban J connectivity index is 1.71. The molecule has 0 aliphatic rings. The maximum absolute atomic E-state index is 12.4. The zero-order valence-corrected chi connectivity index (χ0v) is 13.0. The minimum Gasteiger partial charge on any atom is -0.307 e. The number of nitrogens with one attached hydrogen (secondary N) is 1. The minimum absolute atomic E-state index is 0.218. The second kappa shape index (κ2) is 5.70. The Morgan fingerprint density at radius 2 is 1.58 bits per heavy atom. The van der Waals surface area contributed by atoms with Gasteiger partial charge in [-0.25, -0.2) is 15.0 Å². The Kier molecular flexibility index (Phi) is 3.39. The van der Waals surface area contributed by atoms with Gasteiger partial charge in [0, 0.05) is 11.8 Å². The highest BCUT2D eigenvalue weighted by atomic mass is 16.1. The normalized spacial score (nSPS) is 10.9. The first kappa shape index (κ1) is 14.3. The molecular weight excluding hydrogens is 300 g/mol. The number of carbonyl (C=O) groups excluding carboxylic acids is 1. The van der Waals surface area contributed by atoms with Gasteiger partial charge in [-0.1, -0.05) is 12.1 Å². The number of amides is 1. The molecule has 24 heavy (non-hydrogen) atoms. The lowest BCUT2D eigenvalue weighted by atomic mass is 10.1. The first-order chi connectivity index (χ1) is 11.7. The highest BCUT2D eigenvalue weighted by molar-refractivity contribution is 6.05. The Morgan fingerprint density at radius 3 is 2.33 bits per heavy atom. The van der Waals surface area contributed by atoms with Gasteiger partial charge in [-0.2, -0.15) is 0 Å². The van der Waals surface area contributed by atoms with E-state index in [9.17, 15) is 4.79 Å². The van der Waals surface area contributed by atoms with E-state index in [4.69, 9.17) is 0 Å². The summed E-state index contributed by atoms with van der Waals surface area (Å²) in [6.07, 6.45) is 1.67. The van der Waals surface area contributed by atoms with Crippen LogP contribution in [0, 0.1) is 6.92 Å². The van der Waals surface area contributed by atoms with E-state index in [0.717, 1.165) is 22.1 Å². The van der Waals surface area contributed by atoms with Crippen molar-refractivity contribution < 1.29 is 4.79 Å². The molecule has 4 rings (SSSR count). The van der Waals surface area contributed by atoms with Crippen LogP contribution in [0.25, 0.3) is 22.1 Å². The summed E-state index contributed by atoms with van der Waals surface area (Å²) in [4.78, 5) is 25.7. The van der Waals surface area contributed by atoms with Gasteiger partial charge in [-0.15, -0.1) is 0 Å². The molecule has 0 radical (unpaired) electrons. The van der Waals surface area contributed by atoms with E-state index in [1.165, 1.54) is 0 Å². The van der Waals surface area contributed by atoms with Crippen LogP contribution in [0.15, 0.2) is 60.8 Å². The molecule has 0 saturated heterocycles. The van der Waals surface area contributed by atoms with Crippen LogP contribution in [0.3, 0.4) is 0 Å². The van der Waals surface area contributed by atoms with Crippen LogP contribution in [0.1, 0.15) is 15.9 Å². The molecule has 1 amide bonds. The minimum atomic E-state index is -0.218. The van der Waals surface area contributed by atoms with Gasteiger partial charge in [0.2, 0.25) is 0 Å². The lowest BCUT2D eigenvalue weighted by molar-refractivity contribution is 0.102. The lowest BCUT2D eigenvalue weighted by Crippen LogP contribution is -2.13. The van der Waals surface area contributed by atoms with E-state index >= 15 is 0 Å². The number of fused-ring (bicyclic) bond motifs is 2. The van der Waals surface area contributed by atoms with Crippen LogP contribution in [0.2, 0.25) is 0 Å². The monoisotopic (exact) mass is 314 g/mol. The van der Waals surface area contributed by atoms with Gasteiger partial charge >= 0.3 is 0 Å². The Bertz CT molecular complexity index is 1080. The summed E-state index contributed by atoms with van der Waals surface area (Å²) in [6, 6.07) is 16.7. The van der Waals surface area contributed by atoms with E-state index in [2.05, 4.69) is 20.3 Å². The van der Waals surface area contributed by atoms with Crippen molar-refractivity contribution in [3.8, 4) is 0 Å². The second-order valence-corrected chi connectivity index (χ2v) is 5.59. The number of benzene rings is 2. The summed E-state index contributed by atoms with van der Waals surface area (Å²) in [5.41, 5.74) is 4.66. The molecule has 0 fully saturated rings. The number of rotatable bonds is 2. The Morgan fingerprint density at radius 1 is 0.875 bits per heavy atom. The number of nitrogens with zero attached hydrogens (tertiary/aromatic N) is 3. The highest BCUT2D eigenvalue weighted by Gasteiger charge is 2.09. The number of para-hydroxylation sites is 2. The van der Waals surface area contributed by atoms with E-state index in [1.807, 2.05) is 49.4 Å². The molecule has 0 spiro atoms. The number of hydrogen-bond donors (Lipinski definition) is 1. The van der Waals surface area contributed by atoms with Gasteiger partial charge in [0.15, 0.2) is 0 Å². The first-order valence-electron chi connectivity index (χ1n) is 7.60. The molecule has 5 nitrogen and oxygen atoms in total. The van der Waals surface area contributed by atoms with Gasteiger partial charge in [-0.05, 0) is 55.0 Å². The maximum Gasteiger partial charge on any atom is 0.256 e. The van der Waals surface area contributed by atoms with Crippen LogP contribution in [-0.2, 0) is 0 Å². The fourth-order valence-corrected chi connectivity index (χ4v) is 2.55. The van der Waals surface area contributed by atoms with E-state index in [1.54, 1.807) is 18.3 Å². The summed E-state index contributed by atoms with van der Waals surface area (Å²) >= 11 is 0. The number of anilines is 1. The van der Waals surface area contributed by atoms with E-state index in [0.29, 0.717) is 16.9 Å². The van der Waals surface area contributed by atoms with Gasteiger partial charge in [0.05, 0.1) is 22.1 Å². The lowest BCUT2D eigenvalue weighted by Gasteiger charge is -2.06. The van der Waals surface area contributed by atoms with E-state index in [-0.39, 0.29) is 5.91 Å². The average molecular weight is 314 g/mol. The van der Waals surface area contributed by atoms with Gasteiger partial charge in [-0.3, -0.25) is 4.79 Å². The molecule has 2 aromatic heterocycles. The van der Waals surface area contributed by atoms with Crippen molar-refractivity contribution >= 4 is 33.8 Å². The quantitative estimate of drug-likeness (QED) is 0.572. The number of aromatic nitrogens is 3. The number of aryl methyl sites for hydroxylation is 1. The van der Waals surface area contributed by atoms with Crippen molar-refractivity contribution in [1.82, 2.24) is 15.0 Å². The number of pyridine rings is 1. The topological polar surface area (TPSA) is 67.8 Å². The predicted octanol–water partition coefficient (Wildman–Crippen LogP) is 3.74. The van der Waals surface area contributed by atoms with Crippen LogP contribution < -0.4 is 5.32 Å². The Hall–Kier alpha value is -3.34. The fourth-order valence-electron chi connectivity index (χ4n) is 2.55. The van der Waals surface area contributed by atoms with Crippen molar-refractivity contribution in [1.29, 1.82) is 0 Å². The van der Waals surface area contributed by atoms with Crippen molar-refractivity contribution in [3.63, 3.8) is 0 Å². The molecule has 2 aromatic carbocycles. The third kappa shape index (κ3) is 2.67. The summed E-state index contributed by atoms with van der Waals surface area (Å²) in [7, 11) is 0. The molecule has 0 unspecified atom stereocenters. The summed E-state index contributed by atoms with van der Waals surface area (Å²) in [6.45, 7) is 1.95. The molecule has 0 aliphatic carbocycles. The SMILES string of the molecule is Cc1ccnc(NC(=O)c2ccc3nc4ccccc4nc3c2)c1. The fraction of sp³-hybridized carbons (Fsp3) is 0.0526. The highest BCUT2D eigenvalue weighted by Crippen LogP contribution is 2.18. The van der Waals surface area contributed by atoms with Crippen molar-refractivity contribution in [2.45, 2.75) is 6.92 Å².